The van der Waals surface area contributed by atoms with Crippen LogP contribution in [-0.2, 0) is 84.2 Å². The van der Waals surface area contributed by atoms with Crippen molar-refractivity contribution in [1.29, 1.82) is 0 Å². The fraction of sp³-hybridized carbons (Fsp3) is 0.441. The molecule has 0 aliphatic carbocycles. The smallest absolute Gasteiger partial charge is 0.323 e. The van der Waals surface area contributed by atoms with Crippen LogP contribution in [0.25, 0.3) is 11.2 Å². The zero-order valence-electron chi connectivity index (χ0n) is 47.3. The van der Waals surface area contributed by atoms with Crippen LogP contribution in [0.3, 0.4) is 0 Å². The van der Waals surface area contributed by atoms with Crippen molar-refractivity contribution in [2.75, 3.05) is 71.6 Å². The molecule has 6 aromatic rings. The van der Waals surface area contributed by atoms with E-state index >= 15 is 9.13 Å². The van der Waals surface area contributed by atoms with Gasteiger partial charge in [0.05, 0.1) is 71.3 Å². The van der Waals surface area contributed by atoms with Crippen molar-refractivity contribution in [3.8, 4) is 0 Å². The first-order chi connectivity index (χ1) is 39.7. The van der Waals surface area contributed by atoms with Crippen LogP contribution in [0.4, 0.5) is 0 Å². The molecule has 0 spiro atoms. The largest absolute Gasteiger partial charge is 0.466 e. The van der Waals surface area contributed by atoms with Crippen molar-refractivity contribution in [2.45, 2.75) is 96.9 Å². The molecule has 0 unspecified atom stereocenters. The molecule has 0 fully saturated rings. The molecule has 0 radical (unpaired) electrons. The SMILES string of the molecule is CCOC(=O)C[C@H](Cc1ccccc1)NP(=O)(CCN(CCOCCP(=O)(N[C@@H](Cc1ccccc1)C(=O)OCC)N[C@@H](Cc1ccccc1)C(=O)OCC)CCn1cnc2c(=O)[nH]cnc21)N[C@H](CC(=O)OCC)Cc1ccccc1. The molecule has 4 atom stereocenters. The average molecular weight is 1170 g/mol. The summed E-state index contributed by atoms with van der Waals surface area (Å²) in [6, 6.07) is 34.1. The average Bonchev–Trinajstić information content (AvgIpc) is 3.99. The molecule has 442 valence electrons. The number of carbonyl (C=O) groups excluding carboxylic acids is 4. The van der Waals surface area contributed by atoms with E-state index in [4.69, 9.17) is 23.7 Å². The number of benzene rings is 4. The first kappa shape index (κ1) is 64.5. The molecule has 5 N–H and O–H groups in total. The topological polar surface area (TPSA) is 263 Å². The Hall–Kier alpha value is -6.67. The second-order valence-electron chi connectivity index (χ2n) is 19.5. The van der Waals surface area contributed by atoms with E-state index < -0.39 is 68.5 Å². The number of hydrogen-bond acceptors (Lipinski definition) is 15. The summed E-state index contributed by atoms with van der Waals surface area (Å²) in [7, 11) is -7.76. The molecular weight excluding hydrogens is 1090 g/mol. The summed E-state index contributed by atoms with van der Waals surface area (Å²) < 4.78 is 61.2. The van der Waals surface area contributed by atoms with E-state index in [1.165, 1.54) is 12.7 Å². The third-order valence-electron chi connectivity index (χ3n) is 13.2. The van der Waals surface area contributed by atoms with Gasteiger partial charge in [-0.1, -0.05) is 121 Å². The molecule has 0 saturated carbocycles. The lowest BCUT2D eigenvalue weighted by atomic mass is 10.0. The monoisotopic (exact) mass is 1170 g/mol. The summed E-state index contributed by atoms with van der Waals surface area (Å²) in [5.41, 5.74) is 3.53. The minimum absolute atomic E-state index is 0.00576. The molecule has 0 saturated heterocycles. The summed E-state index contributed by atoms with van der Waals surface area (Å²) in [6.45, 7) is 8.33. The number of rotatable bonds is 38. The molecule has 2 aromatic heterocycles. The highest BCUT2D eigenvalue weighted by Gasteiger charge is 2.36. The summed E-state index contributed by atoms with van der Waals surface area (Å²) in [4.78, 5) is 79.6. The number of ether oxygens (including phenoxy) is 5. The van der Waals surface area contributed by atoms with Crippen LogP contribution in [0.1, 0.15) is 62.8 Å². The van der Waals surface area contributed by atoms with Crippen LogP contribution in [0.2, 0.25) is 0 Å². The van der Waals surface area contributed by atoms with E-state index in [-0.39, 0.29) is 96.3 Å². The Kier molecular flexibility index (Phi) is 26.8. The van der Waals surface area contributed by atoms with Crippen LogP contribution in [0.15, 0.2) is 139 Å². The summed E-state index contributed by atoms with van der Waals surface area (Å²) in [6.07, 6.45) is 3.41. The molecule has 21 nitrogen and oxygen atoms in total. The maximum absolute atomic E-state index is 16.0. The van der Waals surface area contributed by atoms with Crippen LogP contribution < -0.4 is 25.9 Å². The van der Waals surface area contributed by atoms with Crippen LogP contribution in [0, 0.1) is 0 Å². The van der Waals surface area contributed by atoms with Gasteiger partial charge in [-0.15, -0.1) is 0 Å². The molecule has 0 aliphatic rings. The highest BCUT2D eigenvalue weighted by molar-refractivity contribution is 7.60. The quantitative estimate of drug-likeness (QED) is 0.0117. The molecule has 6 rings (SSSR count). The van der Waals surface area contributed by atoms with E-state index in [9.17, 15) is 24.0 Å². The number of H-pyrrole nitrogens is 1. The molecule has 4 aromatic carbocycles. The number of imidazole rings is 1. The Morgan fingerprint density at radius 1 is 0.549 bits per heavy atom. The van der Waals surface area contributed by atoms with Crippen molar-refractivity contribution >= 4 is 49.9 Å². The second-order valence-corrected chi connectivity index (χ2v) is 24.4. The third kappa shape index (κ3) is 21.9. The first-order valence-electron chi connectivity index (χ1n) is 28.0. The van der Waals surface area contributed by atoms with Crippen molar-refractivity contribution in [3.05, 3.63) is 167 Å². The Morgan fingerprint density at radius 3 is 1.44 bits per heavy atom. The molecule has 0 bridgehead atoms. The number of hydrogen-bond donors (Lipinski definition) is 5. The van der Waals surface area contributed by atoms with Crippen molar-refractivity contribution in [3.63, 3.8) is 0 Å². The molecule has 82 heavy (non-hydrogen) atoms. The summed E-state index contributed by atoms with van der Waals surface area (Å²) in [5.74, 6) is -2.17. The molecular formula is C59H79N9O12P2. The van der Waals surface area contributed by atoms with Crippen LogP contribution >= 0.6 is 14.9 Å². The van der Waals surface area contributed by atoms with Gasteiger partial charge >= 0.3 is 23.9 Å². The predicted octanol–water partition coefficient (Wildman–Crippen LogP) is 6.66. The Morgan fingerprint density at radius 2 is 0.988 bits per heavy atom. The van der Waals surface area contributed by atoms with Gasteiger partial charge in [-0.25, -0.2) is 20.1 Å². The summed E-state index contributed by atoms with van der Waals surface area (Å²) >= 11 is 0. The van der Waals surface area contributed by atoms with Gasteiger partial charge in [0, 0.05) is 44.4 Å². The molecule has 23 heteroatoms. The number of aromatic nitrogens is 4. The van der Waals surface area contributed by atoms with Gasteiger partial charge in [-0.05, 0) is 75.6 Å². The van der Waals surface area contributed by atoms with Crippen LogP contribution in [0.5, 0.6) is 0 Å². The standard InChI is InChI=1S/C59H79N9O12P2/c1-5-77-53(69)41-49(37-45-21-13-9-14-22-45)63-81(74,64-50(42-54(70)78-6-2)38-46-23-15-10-16-24-46)35-32-67(29-30-68-44-62-55-56(68)60-43-61-57(55)71)31-33-76-34-36-82(75,65-51(58(72)79-7-3)39-47-25-17-11-18-26-47)66-52(59(73)80-8-4)40-48-27-19-12-20-28-48/h9-28,43-44,49-52H,5-8,29-42H2,1-4H3,(H,60,61,71)(H2,63,64,74)(H2,65,66,75)/t49-,50-,51-,52-/m0/s1. The van der Waals surface area contributed by atoms with Gasteiger partial charge in [-0.2, -0.15) is 0 Å². The van der Waals surface area contributed by atoms with E-state index in [1.807, 2.05) is 126 Å². The van der Waals surface area contributed by atoms with Gasteiger partial charge < -0.3 is 33.2 Å². The van der Waals surface area contributed by atoms with Gasteiger partial charge in [0.25, 0.3) is 5.56 Å². The fourth-order valence-corrected chi connectivity index (χ4v) is 13.9. The van der Waals surface area contributed by atoms with Gasteiger partial charge in [-0.3, -0.25) is 48.2 Å². The van der Waals surface area contributed by atoms with E-state index in [0.29, 0.717) is 31.6 Å². The lowest BCUT2D eigenvalue weighted by Gasteiger charge is -2.32. The first-order valence-corrected chi connectivity index (χ1v) is 31.8. The Bertz CT molecular complexity index is 2910. The van der Waals surface area contributed by atoms with Gasteiger partial charge in [0.1, 0.15) is 12.1 Å². The van der Waals surface area contributed by atoms with Crippen molar-refractivity contribution < 1.29 is 52.0 Å². The highest BCUT2D eigenvalue weighted by atomic mass is 31.2. The maximum atomic E-state index is 16.0. The number of nitrogens with zero attached hydrogens (tertiary/aromatic N) is 4. The van der Waals surface area contributed by atoms with Crippen molar-refractivity contribution in [2.24, 2.45) is 0 Å². The molecule has 0 amide bonds. The Balaban J connectivity index is 1.29. The lowest BCUT2D eigenvalue weighted by Crippen LogP contribution is -2.46. The number of nitrogens with one attached hydrogen (secondary N) is 5. The summed E-state index contributed by atoms with van der Waals surface area (Å²) in [5, 5.41) is 13.0. The highest BCUT2D eigenvalue weighted by Crippen LogP contribution is 2.40. The lowest BCUT2D eigenvalue weighted by molar-refractivity contribution is -0.145. The maximum Gasteiger partial charge on any atom is 0.323 e. The Labute approximate surface area is 480 Å². The third-order valence-corrected chi connectivity index (χ3v) is 17.9. The fourth-order valence-electron chi connectivity index (χ4n) is 9.35. The number of aromatic amines is 1. The van der Waals surface area contributed by atoms with E-state index in [1.54, 1.807) is 32.3 Å². The minimum atomic E-state index is -3.95. The molecule has 2 heterocycles. The van der Waals surface area contributed by atoms with Crippen molar-refractivity contribution in [1.82, 2.24) is 44.8 Å². The molecule has 0 aliphatic heterocycles. The van der Waals surface area contributed by atoms with E-state index in [2.05, 4.69) is 35.3 Å². The normalized spacial score (nSPS) is 13.3. The number of esters is 4. The van der Waals surface area contributed by atoms with E-state index in [0.717, 1.165) is 22.3 Å². The van der Waals surface area contributed by atoms with Crippen LogP contribution in [-0.4, -0.2) is 144 Å². The number of carbonyl (C=O) groups is 4. The van der Waals surface area contributed by atoms with Gasteiger partial charge in [0.2, 0.25) is 14.9 Å². The second kappa shape index (κ2) is 34.1. The predicted molar refractivity (Wildman–Crippen MR) is 314 cm³/mol. The zero-order chi connectivity index (χ0) is 58.6. The minimum Gasteiger partial charge on any atom is -0.466 e. The number of fused-ring (bicyclic) bond motifs is 1. The van der Waals surface area contributed by atoms with Gasteiger partial charge in [0.15, 0.2) is 11.2 Å². The zero-order valence-corrected chi connectivity index (χ0v) is 49.1.